The van der Waals surface area contributed by atoms with Crippen molar-refractivity contribution < 1.29 is 22.8 Å². The van der Waals surface area contributed by atoms with E-state index in [1.165, 1.54) is 23.8 Å². The first kappa shape index (κ1) is 24.3. The van der Waals surface area contributed by atoms with E-state index in [0.717, 1.165) is 55.9 Å². The van der Waals surface area contributed by atoms with Crippen molar-refractivity contribution in [2.45, 2.75) is 50.5 Å². The Morgan fingerprint density at radius 3 is 2.35 bits per heavy atom. The highest BCUT2D eigenvalue weighted by molar-refractivity contribution is 5.95. The molecule has 34 heavy (non-hydrogen) atoms. The lowest BCUT2D eigenvalue weighted by atomic mass is 9.89. The SMILES string of the molecule is O=C1CCC[C@@H](c2ccc(F)c(F)c2)N1C(=O)NCCCN1CCC(c2ccc(F)cc2)CC1. The minimum absolute atomic E-state index is 0.217. The van der Waals surface area contributed by atoms with E-state index in [2.05, 4.69) is 10.2 Å². The Hall–Kier alpha value is -2.87. The summed E-state index contributed by atoms with van der Waals surface area (Å²) in [5.74, 6) is -2.02. The second-order valence-electron chi connectivity index (χ2n) is 9.10. The number of amides is 3. The fourth-order valence-electron chi connectivity index (χ4n) is 4.97. The molecule has 2 aromatic rings. The second-order valence-corrected chi connectivity index (χ2v) is 9.10. The van der Waals surface area contributed by atoms with Crippen LogP contribution in [0.4, 0.5) is 18.0 Å². The van der Waals surface area contributed by atoms with Crippen LogP contribution >= 0.6 is 0 Å². The molecule has 2 heterocycles. The van der Waals surface area contributed by atoms with Gasteiger partial charge in [0.2, 0.25) is 5.91 Å². The summed E-state index contributed by atoms with van der Waals surface area (Å²) in [7, 11) is 0. The number of urea groups is 1. The minimum atomic E-state index is -0.987. The molecule has 0 radical (unpaired) electrons. The van der Waals surface area contributed by atoms with Gasteiger partial charge >= 0.3 is 6.03 Å². The quantitative estimate of drug-likeness (QED) is 0.592. The lowest BCUT2D eigenvalue weighted by Crippen LogP contribution is -2.48. The van der Waals surface area contributed by atoms with Gasteiger partial charge in [0.1, 0.15) is 5.82 Å². The summed E-state index contributed by atoms with van der Waals surface area (Å²) >= 11 is 0. The molecule has 2 fully saturated rings. The monoisotopic (exact) mass is 473 g/mol. The third-order valence-corrected chi connectivity index (χ3v) is 6.85. The minimum Gasteiger partial charge on any atom is -0.338 e. The fourth-order valence-corrected chi connectivity index (χ4v) is 4.97. The molecule has 2 saturated heterocycles. The van der Waals surface area contributed by atoms with Gasteiger partial charge in [0, 0.05) is 13.0 Å². The van der Waals surface area contributed by atoms with Crippen LogP contribution in [-0.2, 0) is 4.79 Å². The summed E-state index contributed by atoms with van der Waals surface area (Å²) in [5.41, 5.74) is 1.60. The second kappa shape index (κ2) is 11.0. The van der Waals surface area contributed by atoms with Crippen LogP contribution in [0.15, 0.2) is 42.5 Å². The number of rotatable bonds is 6. The maximum atomic E-state index is 13.7. The number of nitrogens with zero attached hydrogens (tertiary/aromatic N) is 2. The van der Waals surface area contributed by atoms with Gasteiger partial charge in [-0.1, -0.05) is 18.2 Å². The van der Waals surface area contributed by atoms with Crippen LogP contribution in [0, 0.1) is 17.5 Å². The first-order valence-corrected chi connectivity index (χ1v) is 11.9. The van der Waals surface area contributed by atoms with Gasteiger partial charge in [-0.3, -0.25) is 9.69 Å². The first-order valence-electron chi connectivity index (χ1n) is 11.9. The Bertz CT molecular complexity index is 1010. The molecular formula is C26H30F3N3O2. The zero-order valence-electron chi connectivity index (χ0n) is 19.1. The van der Waals surface area contributed by atoms with Crippen molar-refractivity contribution in [1.82, 2.24) is 15.1 Å². The summed E-state index contributed by atoms with van der Waals surface area (Å²) in [6, 6.07) is 9.17. The van der Waals surface area contributed by atoms with Crippen LogP contribution in [0.1, 0.15) is 61.6 Å². The van der Waals surface area contributed by atoms with E-state index in [1.807, 2.05) is 12.1 Å². The van der Waals surface area contributed by atoms with E-state index in [1.54, 1.807) is 0 Å². The first-order chi connectivity index (χ1) is 16.4. The lowest BCUT2D eigenvalue weighted by molar-refractivity contribution is -0.132. The van der Waals surface area contributed by atoms with E-state index in [-0.39, 0.29) is 18.1 Å². The molecule has 5 nitrogen and oxygen atoms in total. The molecule has 1 atom stereocenters. The standard InChI is InChI=1S/C26H30F3N3O2/c27-21-8-5-18(6-9-21)19-11-15-31(16-12-19)14-2-13-30-26(34)32-24(3-1-4-25(32)33)20-7-10-22(28)23(29)17-20/h5-10,17,19,24H,1-4,11-16H2,(H,30,34)/t24-/m0/s1. The van der Waals surface area contributed by atoms with E-state index >= 15 is 0 Å². The third-order valence-electron chi connectivity index (χ3n) is 6.85. The lowest BCUT2D eigenvalue weighted by Gasteiger charge is -2.34. The molecule has 3 amide bonds. The Labute approximate surface area is 197 Å². The number of carbonyl (C=O) groups excluding carboxylic acids is 2. The number of likely N-dealkylation sites (tertiary alicyclic amines) is 2. The van der Waals surface area contributed by atoms with Gasteiger partial charge in [-0.25, -0.2) is 18.0 Å². The van der Waals surface area contributed by atoms with Gasteiger partial charge in [0.25, 0.3) is 0 Å². The van der Waals surface area contributed by atoms with Crippen molar-refractivity contribution in [2.24, 2.45) is 0 Å². The van der Waals surface area contributed by atoms with Crippen molar-refractivity contribution in [3.8, 4) is 0 Å². The molecule has 2 aliphatic heterocycles. The van der Waals surface area contributed by atoms with E-state index in [0.29, 0.717) is 30.9 Å². The molecule has 0 bridgehead atoms. The van der Waals surface area contributed by atoms with Gasteiger partial charge in [-0.05, 0) is 93.0 Å². The highest BCUT2D eigenvalue weighted by Gasteiger charge is 2.34. The Morgan fingerprint density at radius 1 is 0.941 bits per heavy atom. The normalized spacial score (nSPS) is 19.9. The molecule has 4 rings (SSSR count). The fraction of sp³-hybridized carbons (Fsp3) is 0.462. The third kappa shape index (κ3) is 5.78. The Balaban J connectivity index is 1.24. The van der Waals surface area contributed by atoms with Crippen LogP contribution in [0.2, 0.25) is 0 Å². The molecule has 0 unspecified atom stereocenters. The summed E-state index contributed by atoms with van der Waals surface area (Å²) in [4.78, 5) is 28.8. The van der Waals surface area contributed by atoms with Gasteiger partial charge in [-0.2, -0.15) is 0 Å². The van der Waals surface area contributed by atoms with Crippen molar-refractivity contribution in [3.63, 3.8) is 0 Å². The molecule has 1 N–H and O–H groups in total. The maximum absolute atomic E-state index is 13.7. The molecule has 8 heteroatoms. The Morgan fingerprint density at radius 2 is 1.65 bits per heavy atom. The number of piperidine rings is 2. The van der Waals surface area contributed by atoms with Crippen molar-refractivity contribution in [1.29, 1.82) is 0 Å². The molecular weight excluding hydrogens is 443 g/mol. The van der Waals surface area contributed by atoms with E-state index < -0.39 is 23.7 Å². The predicted octanol–water partition coefficient (Wildman–Crippen LogP) is 5.14. The summed E-state index contributed by atoms with van der Waals surface area (Å²) in [6.07, 6.45) is 4.14. The number of nitrogens with one attached hydrogen (secondary N) is 1. The number of carbonyl (C=O) groups is 2. The smallest absolute Gasteiger partial charge is 0.324 e. The van der Waals surface area contributed by atoms with Crippen LogP contribution < -0.4 is 5.32 Å². The topological polar surface area (TPSA) is 52.7 Å². The molecule has 0 aromatic heterocycles. The van der Waals surface area contributed by atoms with E-state index in [4.69, 9.17) is 0 Å². The number of hydrogen-bond acceptors (Lipinski definition) is 3. The zero-order valence-corrected chi connectivity index (χ0v) is 19.1. The number of halogens is 3. The number of benzene rings is 2. The van der Waals surface area contributed by atoms with Crippen molar-refractivity contribution in [2.75, 3.05) is 26.2 Å². The Kier molecular flexibility index (Phi) is 7.88. The van der Waals surface area contributed by atoms with Gasteiger partial charge in [-0.15, -0.1) is 0 Å². The molecule has 0 saturated carbocycles. The van der Waals surface area contributed by atoms with Crippen LogP contribution in [0.3, 0.4) is 0 Å². The van der Waals surface area contributed by atoms with Crippen molar-refractivity contribution >= 4 is 11.9 Å². The average Bonchev–Trinajstić information content (AvgIpc) is 2.84. The molecule has 2 aromatic carbocycles. The summed E-state index contributed by atoms with van der Waals surface area (Å²) < 4.78 is 40.2. The van der Waals surface area contributed by atoms with Gasteiger partial charge < -0.3 is 10.2 Å². The van der Waals surface area contributed by atoms with E-state index in [9.17, 15) is 22.8 Å². The zero-order chi connectivity index (χ0) is 24.1. The summed E-state index contributed by atoms with van der Waals surface area (Å²) in [6.45, 7) is 3.14. The number of imide groups is 1. The van der Waals surface area contributed by atoms with Gasteiger partial charge in [0.15, 0.2) is 11.6 Å². The van der Waals surface area contributed by atoms with Crippen LogP contribution in [-0.4, -0.2) is 47.9 Å². The predicted molar refractivity (Wildman–Crippen MR) is 123 cm³/mol. The highest BCUT2D eigenvalue weighted by Crippen LogP contribution is 2.32. The highest BCUT2D eigenvalue weighted by atomic mass is 19.2. The van der Waals surface area contributed by atoms with Crippen LogP contribution in [0.5, 0.6) is 0 Å². The van der Waals surface area contributed by atoms with Crippen molar-refractivity contribution in [3.05, 3.63) is 71.0 Å². The van der Waals surface area contributed by atoms with Gasteiger partial charge in [0.05, 0.1) is 6.04 Å². The summed E-state index contributed by atoms with van der Waals surface area (Å²) in [5, 5.41) is 2.82. The molecule has 0 spiro atoms. The largest absolute Gasteiger partial charge is 0.338 e. The van der Waals surface area contributed by atoms with Crippen LogP contribution in [0.25, 0.3) is 0 Å². The number of hydrogen-bond donors (Lipinski definition) is 1. The maximum Gasteiger partial charge on any atom is 0.324 e. The average molecular weight is 474 g/mol. The molecule has 0 aliphatic carbocycles. The molecule has 182 valence electrons. The molecule has 2 aliphatic rings.